The summed E-state index contributed by atoms with van der Waals surface area (Å²) < 4.78 is 32.1. The Bertz CT molecular complexity index is 876. The number of nitrogens with one attached hydrogen (secondary N) is 2. The smallest absolute Gasteiger partial charge is 0.338 e. The average molecular weight is 362 g/mol. The van der Waals surface area contributed by atoms with Gasteiger partial charge in [-0.2, -0.15) is 0 Å². The van der Waals surface area contributed by atoms with Crippen LogP contribution in [0, 0.1) is 0 Å². The standard InChI is InChI=1S/C17H18N2O5S/c1-3-24-17(21)13-7-9-16(10-8-13)25(22,23)19-15-6-4-5-14(11-15)18-12(2)20/h4-11,19H,3H2,1-2H3,(H,18,20). The molecule has 0 fully saturated rings. The third-order valence-electron chi connectivity index (χ3n) is 3.11. The Labute approximate surface area is 146 Å². The molecule has 0 saturated heterocycles. The van der Waals surface area contributed by atoms with E-state index in [1.165, 1.54) is 37.3 Å². The number of carbonyl (C=O) groups excluding carboxylic acids is 2. The molecule has 2 rings (SSSR count). The van der Waals surface area contributed by atoms with Gasteiger partial charge >= 0.3 is 5.97 Å². The molecular formula is C17H18N2O5S. The molecule has 0 aliphatic carbocycles. The Hall–Kier alpha value is -2.87. The van der Waals surface area contributed by atoms with Crippen LogP contribution in [0.1, 0.15) is 24.2 Å². The van der Waals surface area contributed by atoms with Crippen LogP contribution in [-0.2, 0) is 19.6 Å². The van der Waals surface area contributed by atoms with Crippen molar-refractivity contribution >= 4 is 33.3 Å². The second kappa shape index (κ2) is 7.80. The van der Waals surface area contributed by atoms with E-state index < -0.39 is 16.0 Å². The molecule has 1 amide bonds. The summed E-state index contributed by atoms with van der Waals surface area (Å²) in [5.41, 5.74) is 1.06. The van der Waals surface area contributed by atoms with Gasteiger partial charge in [-0.25, -0.2) is 13.2 Å². The number of ether oxygens (including phenoxy) is 1. The van der Waals surface area contributed by atoms with E-state index in [0.717, 1.165) is 0 Å². The van der Waals surface area contributed by atoms with Crippen molar-refractivity contribution in [1.82, 2.24) is 0 Å². The minimum atomic E-state index is -3.83. The van der Waals surface area contributed by atoms with Gasteiger partial charge in [-0.3, -0.25) is 9.52 Å². The fraction of sp³-hybridized carbons (Fsp3) is 0.176. The van der Waals surface area contributed by atoms with Crippen LogP contribution >= 0.6 is 0 Å². The molecule has 0 heterocycles. The third-order valence-corrected chi connectivity index (χ3v) is 4.51. The first-order valence-electron chi connectivity index (χ1n) is 7.49. The van der Waals surface area contributed by atoms with Gasteiger partial charge in [0.15, 0.2) is 0 Å². The van der Waals surface area contributed by atoms with Crippen molar-refractivity contribution in [1.29, 1.82) is 0 Å². The molecule has 0 spiro atoms. The maximum absolute atomic E-state index is 12.4. The summed E-state index contributed by atoms with van der Waals surface area (Å²) in [6.07, 6.45) is 0. The van der Waals surface area contributed by atoms with Crippen molar-refractivity contribution in [2.24, 2.45) is 0 Å². The molecule has 2 aromatic rings. The van der Waals surface area contributed by atoms with E-state index in [2.05, 4.69) is 10.0 Å². The molecule has 0 aromatic heterocycles. The van der Waals surface area contributed by atoms with E-state index in [1.54, 1.807) is 25.1 Å². The second-order valence-electron chi connectivity index (χ2n) is 5.11. The average Bonchev–Trinajstić information content (AvgIpc) is 2.54. The molecule has 25 heavy (non-hydrogen) atoms. The first kappa shape index (κ1) is 18.5. The topological polar surface area (TPSA) is 102 Å². The van der Waals surface area contributed by atoms with Gasteiger partial charge in [0.1, 0.15) is 0 Å². The lowest BCUT2D eigenvalue weighted by molar-refractivity contribution is -0.114. The number of sulfonamides is 1. The zero-order valence-corrected chi connectivity index (χ0v) is 14.6. The first-order chi connectivity index (χ1) is 11.8. The van der Waals surface area contributed by atoms with E-state index in [-0.39, 0.29) is 23.0 Å². The lowest BCUT2D eigenvalue weighted by Gasteiger charge is -2.10. The molecule has 7 nitrogen and oxygen atoms in total. The van der Waals surface area contributed by atoms with Gasteiger partial charge in [0.2, 0.25) is 5.91 Å². The number of hydrogen-bond acceptors (Lipinski definition) is 5. The van der Waals surface area contributed by atoms with Crippen molar-refractivity contribution in [3.05, 3.63) is 54.1 Å². The molecule has 2 aromatic carbocycles. The van der Waals surface area contributed by atoms with Crippen LogP contribution in [-0.4, -0.2) is 26.9 Å². The maximum Gasteiger partial charge on any atom is 0.338 e. The Morgan fingerprint density at radius 3 is 2.28 bits per heavy atom. The Kier molecular flexibility index (Phi) is 5.76. The second-order valence-corrected chi connectivity index (χ2v) is 6.79. The normalized spacial score (nSPS) is 10.8. The lowest BCUT2D eigenvalue weighted by atomic mass is 10.2. The number of rotatable bonds is 6. The number of esters is 1. The molecule has 0 aliphatic rings. The van der Waals surface area contributed by atoms with Gasteiger partial charge in [-0.15, -0.1) is 0 Å². The van der Waals surface area contributed by atoms with Crippen LogP contribution in [0.25, 0.3) is 0 Å². The monoisotopic (exact) mass is 362 g/mol. The number of benzene rings is 2. The number of carbonyl (C=O) groups is 2. The highest BCUT2D eigenvalue weighted by molar-refractivity contribution is 7.92. The van der Waals surface area contributed by atoms with Crippen molar-refractivity contribution in [2.75, 3.05) is 16.6 Å². The third kappa shape index (κ3) is 5.05. The lowest BCUT2D eigenvalue weighted by Crippen LogP contribution is -2.14. The van der Waals surface area contributed by atoms with Gasteiger partial charge in [-0.05, 0) is 49.4 Å². The van der Waals surface area contributed by atoms with Gasteiger partial charge in [0, 0.05) is 12.6 Å². The van der Waals surface area contributed by atoms with E-state index in [9.17, 15) is 18.0 Å². The van der Waals surface area contributed by atoms with Gasteiger partial charge in [-0.1, -0.05) is 6.07 Å². The molecule has 0 bridgehead atoms. The van der Waals surface area contributed by atoms with Crippen molar-refractivity contribution in [2.45, 2.75) is 18.7 Å². The molecule has 8 heteroatoms. The van der Waals surface area contributed by atoms with E-state index in [1.807, 2.05) is 0 Å². The largest absolute Gasteiger partial charge is 0.462 e. The molecular weight excluding hydrogens is 344 g/mol. The quantitative estimate of drug-likeness (QED) is 0.769. The SMILES string of the molecule is CCOC(=O)c1ccc(S(=O)(=O)Nc2cccc(NC(C)=O)c2)cc1. The predicted octanol–water partition coefficient (Wildman–Crippen LogP) is 2.62. The summed E-state index contributed by atoms with van der Waals surface area (Å²) in [6, 6.07) is 11.8. The number of anilines is 2. The fourth-order valence-corrected chi connectivity index (χ4v) is 3.11. The fourth-order valence-electron chi connectivity index (χ4n) is 2.06. The number of hydrogen-bond donors (Lipinski definition) is 2. The Morgan fingerprint density at radius 1 is 1.04 bits per heavy atom. The molecule has 0 radical (unpaired) electrons. The van der Waals surface area contributed by atoms with Gasteiger partial charge in [0.05, 0.1) is 22.8 Å². The summed E-state index contributed by atoms with van der Waals surface area (Å²) in [6.45, 7) is 3.29. The molecule has 0 saturated carbocycles. The van der Waals surface area contributed by atoms with Crippen LogP contribution in [0.4, 0.5) is 11.4 Å². The highest BCUT2D eigenvalue weighted by atomic mass is 32.2. The van der Waals surface area contributed by atoms with Crippen molar-refractivity contribution in [3.63, 3.8) is 0 Å². The molecule has 0 atom stereocenters. The van der Waals surface area contributed by atoms with Crippen LogP contribution in [0.5, 0.6) is 0 Å². The van der Waals surface area contributed by atoms with E-state index in [4.69, 9.17) is 4.74 Å². The highest BCUT2D eigenvalue weighted by Crippen LogP contribution is 2.20. The Balaban J connectivity index is 2.19. The predicted molar refractivity (Wildman–Crippen MR) is 94.0 cm³/mol. The van der Waals surface area contributed by atoms with Gasteiger partial charge < -0.3 is 10.1 Å². The van der Waals surface area contributed by atoms with Crippen LogP contribution in [0.3, 0.4) is 0 Å². The summed E-state index contributed by atoms with van der Waals surface area (Å²) in [5, 5.41) is 2.58. The van der Waals surface area contributed by atoms with Crippen LogP contribution in [0.15, 0.2) is 53.4 Å². The summed E-state index contributed by atoms with van der Waals surface area (Å²) in [4.78, 5) is 22.7. The summed E-state index contributed by atoms with van der Waals surface area (Å²) in [7, 11) is -3.83. The summed E-state index contributed by atoms with van der Waals surface area (Å²) >= 11 is 0. The number of amides is 1. The van der Waals surface area contributed by atoms with Crippen LogP contribution in [0.2, 0.25) is 0 Å². The Morgan fingerprint density at radius 2 is 1.68 bits per heavy atom. The van der Waals surface area contributed by atoms with Crippen molar-refractivity contribution in [3.8, 4) is 0 Å². The molecule has 132 valence electrons. The molecule has 0 aliphatic heterocycles. The first-order valence-corrected chi connectivity index (χ1v) is 8.98. The zero-order valence-electron chi connectivity index (χ0n) is 13.8. The van der Waals surface area contributed by atoms with E-state index in [0.29, 0.717) is 11.4 Å². The molecule has 0 unspecified atom stereocenters. The maximum atomic E-state index is 12.4. The van der Waals surface area contributed by atoms with Gasteiger partial charge in [0.25, 0.3) is 10.0 Å². The van der Waals surface area contributed by atoms with Crippen LogP contribution < -0.4 is 10.0 Å². The van der Waals surface area contributed by atoms with E-state index >= 15 is 0 Å². The summed E-state index contributed by atoms with van der Waals surface area (Å²) in [5.74, 6) is -0.767. The van der Waals surface area contributed by atoms with Crippen molar-refractivity contribution < 1.29 is 22.7 Å². The minimum Gasteiger partial charge on any atom is -0.462 e. The highest BCUT2D eigenvalue weighted by Gasteiger charge is 2.16. The zero-order chi connectivity index (χ0) is 18.4. The molecule has 2 N–H and O–H groups in total. The minimum absolute atomic E-state index is 0.00507.